The van der Waals surface area contributed by atoms with Crippen LogP contribution < -0.4 is 0 Å². The van der Waals surface area contributed by atoms with Crippen LogP contribution in [0.25, 0.3) is 0 Å². The van der Waals surface area contributed by atoms with Crippen LogP contribution in [-0.4, -0.2) is 37.5 Å². The first-order valence-corrected chi connectivity index (χ1v) is 7.52. The Balaban J connectivity index is 2.34. The number of hydrogen-bond acceptors (Lipinski definition) is 6. The van der Waals surface area contributed by atoms with Crippen LogP contribution in [0, 0.1) is 20.2 Å². The number of nitro benzene ring substituents is 2. The van der Waals surface area contributed by atoms with Gasteiger partial charge in [0.1, 0.15) is 0 Å². The molecule has 0 saturated carbocycles. The fourth-order valence-corrected chi connectivity index (χ4v) is 2.46. The Morgan fingerprint density at radius 3 is 2.28 bits per heavy atom. The van der Waals surface area contributed by atoms with Crippen molar-refractivity contribution in [3.63, 3.8) is 0 Å². The van der Waals surface area contributed by atoms with Crippen LogP contribution in [0.5, 0.6) is 0 Å². The summed E-state index contributed by atoms with van der Waals surface area (Å²) in [4.78, 5) is 34.1. The third-order valence-corrected chi connectivity index (χ3v) is 3.82. The van der Waals surface area contributed by atoms with Gasteiger partial charge in [0.15, 0.2) is 0 Å². The Kier molecular flexibility index (Phi) is 5.32. The molecule has 0 bridgehead atoms. The molecule has 1 aromatic heterocycles. The maximum atomic E-state index is 12.5. The first-order valence-electron chi connectivity index (χ1n) is 7.14. The molecule has 0 fully saturated rings. The van der Waals surface area contributed by atoms with Crippen LogP contribution in [0.4, 0.5) is 11.4 Å². The van der Waals surface area contributed by atoms with E-state index in [0.717, 1.165) is 18.2 Å². The number of nitro groups is 2. The Hall–Kier alpha value is -3.01. The number of carbonyl (C=O) groups is 1. The first-order chi connectivity index (χ1) is 11.7. The molecule has 0 spiro atoms. The van der Waals surface area contributed by atoms with Crippen molar-refractivity contribution in [3.8, 4) is 0 Å². The van der Waals surface area contributed by atoms with Gasteiger partial charge in [-0.1, -0.05) is 11.6 Å². The number of hydrogen-bond donors (Lipinski definition) is 0. The smallest absolute Gasteiger partial charge is 0.277 e. The molecule has 0 unspecified atom stereocenters. The average Bonchev–Trinajstić information content (AvgIpc) is 2.93. The Morgan fingerprint density at radius 2 is 1.80 bits per heavy atom. The van der Waals surface area contributed by atoms with Gasteiger partial charge >= 0.3 is 0 Å². The van der Waals surface area contributed by atoms with E-state index >= 15 is 0 Å². The lowest BCUT2D eigenvalue weighted by molar-refractivity contribution is -0.394. The molecule has 11 heteroatoms. The molecule has 0 aliphatic carbocycles. The molecule has 0 saturated heterocycles. The SMILES string of the molecule is CCn1ncc(Cl)c1CN(C)C(=O)c1cc([N+](=O)[O-])cc([N+](=O)[O-])c1. The van der Waals surface area contributed by atoms with Gasteiger partial charge in [-0.15, -0.1) is 0 Å². The minimum atomic E-state index is -0.785. The molecular weight excluding hydrogens is 354 g/mol. The number of rotatable bonds is 6. The van der Waals surface area contributed by atoms with Crippen molar-refractivity contribution in [3.05, 3.63) is 60.9 Å². The highest BCUT2D eigenvalue weighted by atomic mass is 35.5. The molecular formula is C14H14ClN5O5. The monoisotopic (exact) mass is 367 g/mol. The van der Waals surface area contributed by atoms with Crippen molar-refractivity contribution >= 4 is 28.9 Å². The van der Waals surface area contributed by atoms with E-state index in [4.69, 9.17) is 11.6 Å². The number of non-ortho nitro benzene ring substituents is 2. The Labute approximate surface area is 146 Å². The summed E-state index contributed by atoms with van der Waals surface area (Å²) in [5.41, 5.74) is -0.604. The normalized spacial score (nSPS) is 10.5. The van der Waals surface area contributed by atoms with E-state index in [1.54, 1.807) is 4.68 Å². The zero-order valence-corrected chi connectivity index (χ0v) is 14.1. The van der Waals surface area contributed by atoms with Crippen molar-refractivity contribution in [2.75, 3.05) is 7.05 Å². The number of amides is 1. The number of carbonyl (C=O) groups excluding carboxylic acids is 1. The molecule has 2 rings (SSSR count). The molecule has 1 amide bonds. The van der Waals surface area contributed by atoms with Crippen molar-refractivity contribution < 1.29 is 14.6 Å². The molecule has 0 aliphatic heterocycles. The van der Waals surface area contributed by atoms with Crippen LogP contribution in [-0.2, 0) is 13.1 Å². The fraction of sp³-hybridized carbons (Fsp3) is 0.286. The van der Waals surface area contributed by atoms with E-state index in [-0.39, 0.29) is 12.1 Å². The number of nitrogens with zero attached hydrogens (tertiary/aromatic N) is 5. The summed E-state index contributed by atoms with van der Waals surface area (Å²) in [7, 11) is 1.47. The summed E-state index contributed by atoms with van der Waals surface area (Å²) < 4.78 is 1.61. The minimum Gasteiger partial charge on any atom is -0.336 e. The van der Waals surface area contributed by atoms with Crippen LogP contribution in [0.2, 0.25) is 5.02 Å². The average molecular weight is 368 g/mol. The van der Waals surface area contributed by atoms with Gasteiger partial charge in [-0.25, -0.2) is 0 Å². The van der Waals surface area contributed by atoms with Crippen molar-refractivity contribution in [1.29, 1.82) is 0 Å². The third kappa shape index (κ3) is 3.91. The van der Waals surface area contributed by atoms with Gasteiger partial charge in [0.2, 0.25) is 0 Å². The highest BCUT2D eigenvalue weighted by Crippen LogP contribution is 2.24. The molecule has 25 heavy (non-hydrogen) atoms. The summed E-state index contributed by atoms with van der Waals surface area (Å²) >= 11 is 6.05. The Bertz CT molecular complexity index is 818. The third-order valence-electron chi connectivity index (χ3n) is 3.50. The molecule has 0 atom stereocenters. The van der Waals surface area contributed by atoms with Crippen LogP contribution in [0.3, 0.4) is 0 Å². The lowest BCUT2D eigenvalue weighted by atomic mass is 10.1. The van der Waals surface area contributed by atoms with Crippen molar-refractivity contribution in [1.82, 2.24) is 14.7 Å². The van der Waals surface area contributed by atoms with Gasteiger partial charge in [0.25, 0.3) is 17.3 Å². The van der Waals surface area contributed by atoms with Crippen molar-refractivity contribution in [2.24, 2.45) is 0 Å². The van der Waals surface area contributed by atoms with E-state index in [0.29, 0.717) is 17.3 Å². The molecule has 0 N–H and O–H groups in total. The van der Waals surface area contributed by atoms with Gasteiger partial charge in [-0.3, -0.25) is 29.7 Å². The molecule has 1 aromatic carbocycles. The lowest BCUT2D eigenvalue weighted by Crippen LogP contribution is -2.27. The lowest BCUT2D eigenvalue weighted by Gasteiger charge is -2.18. The zero-order chi connectivity index (χ0) is 18.7. The predicted molar refractivity (Wildman–Crippen MR) is 88.5 cm³/mol. The standard InChI is InChI=1S/C14H14ClN5O5/c1-3-18-13(12(15)7-16-18)8-17(2)14(21)9-4-10(19(22)23)6-11(5-9)20(24)25/h4-7H,3,8H2,1-2H3. The Morgan fingerprint density at radius 1 is 1.24 bits per heavy atom. The number of aromatic nitrogens is 2. The summed E-state index contributed by atoms with van der Waals surface area (Å²) in [6, 6.07) is 2.81. The fourth-order valence-electron chi connectivity index (χ4n) is 2.26. The molecule has 132 valence electrons. The number of aryl methyl sites for hydroxylation is 1. The second kappa shape index (κ2) is 7.26. The highest BCUT2D eigenvalue weighted by Gasteiger charge is 2.23. The minimum absolute atomic E-state index is 0.0992. The van der Waals surface area contributed by atoms with E-state index in [1.807, 2.05) is 6.92 Å². The van der Waals surface area contributed by atoms with Crippen LogP contribution in [0.15, 0.2) is 24.4 Å². The summed E-state index contributed by atoms with van der Waals surface area (Å²) in [5, 5.41) is 26.3. The van der Waals surface area contributed by atoms with Crippen LogP contribution >= 0.6 is 11.6 Å². The topological polar surface area (TPSA) is 124 Å². The molecule has 1 heterocycles. The molecule has 0 radical (unpaired) electrons. The summed E-state index contributed by atoms with van der Waals surface area (Å²) in [5.74, 6) is -0.605. The summed E-state index contributed by atoms with van der Waals surface area (Å²) in [6.45, 7) is 2.51. The van der Waals surface area contributed by atoms with Crippen molar-refractivity contribution in [2.45, 2.75) is 20.0 Å². The molecule has 0 aliphatic rings. The molecule has 2 aromatic rings. The second-order valence-electron chi connectivity index (χ2n) is 5.17. The molecule has 10 nitrogen and oxygen atoms in total. The predicted octanol–water partition coefficient (Wildman–Crippen LogP) is 2.65. The van der Waals surface area contributed by atoms with Gasteiger partial charge in [0.05, 0.1) is 44.9 Å². The van der Waals surface area contributed by atoms with Crippen LogP contribution in [0.1, 0.15) is 23.0 Å². The van der Waals surface area contributed by atoms with Gasteiger partial charge in [-0.05, 0) is 6.92 Å². The van der Waals surface area contributed by atoms with E-state index in [9.17, 15) is 25.0 Å². The van der Waals surface area contributed by atoms with Gasteiger partial charge < -0.3 is 4.90 Å². The van der Waals surface area contributed by atoms with E-state index in [2.05, 4.69) is 5.10 Å². The maximum Gasteiger partial charge on any atom is 0.277 e. The quantitative estimate of drug-likeness (QED) is 0.570. The number of benzene rings is 1. The zero-order valence-electron chi connectivity index (χ0n) is 13.4. The maximum absolute atomic E-state index is 12.5. The summed E-state index contributed by atoms with van der Waals surface area (Å²) in [6.07, 6.45) is 1.46. The van der Waals surface area contributed by atoms with E-state index < -0.39 is 27.1 Å². The number of halogens is 1. The largest absolute Gasteiger partial charge is 0.336 e. The second-order valence-corrected chi connectivity index (χ2v) is 5.58. The van der Waals surface area contributed by atoms with E-state index in [1.165, 1.54) is 18.1 Å². The highest BCUT2D eigenvalue weighted by molar-refractivity contribution is 6.31. The van der Waals surface area contributed by atoms with Gasteiger partial charge in [-0.2, -0.15) is 5.10 Å². The van der Waals surface area contributed by atoms with Gasteiger partial charge in [0, 0.05) is 25.7 Å². The first kappa shape index (κ1) is 18.3.